The highest BCUT2D eigenvalue weighted by atomic mass is 32.1. The van der Waals surface area contributed by atoms with Crippen LogP contribution in [0, 0.1) is 6.92 Å². The van der Waals surface area contributed by atoms with Crippen LogP contribution in [0.4, 0.5) is 5.13 Å². The Morgan fingerprint density at radius 2 is 2.35 bits per heavy atom. The van der Waals surface area contributed by atoms with Gasteiger partial charge in [0.2, 0.25) is 0 Å². The first-order chi connectivity index (χ1) is 8.08. The fraction of sp³-hybridized carbons (Fsp3) is 0.417. The molecule has 17 heavy (non-hydrogen) atoms. The van der Waals surface area contributed by atoms with Crippen LogP contribution in [0.2, 0.25) is 0 Å². The van der Waals surface area contributed by atoms with Gasteiger partial charge in [-0.2, -0.15) is 0 Å². The van der Waals surface area contributed by atoms with Gasteiger partial charge in [-0.3, -0.25) is 0 Å². The van der Waals surface area contributed by atoms with Gasteiger partial charge in [0.25, 0.3) is 0 Å². The normalized spacial score (nSPS) is 12.7. The SMILES string of the molecule is Cc1occc1CN(C)c1ncc(C(C)O)s1. The first-order valence-corrected chi connectivity index (χ1v) is 6.27. The number of aromatic nitrogens is 1. The zero-order valence-electron chi connectivity index (χ0n) is 10.2. The van der Waals surface area contributed by atoms with Gasteiger partial charge >= 0.3 is 0 Å². The topological polar surface area (TPSA) is 49.5 Å². The molecule has 0 spiro atoms. The van der Waals surface area contributed by atoms with Crippen LogP contribution in [0.15, 0.2) is 22.9 Å². The molecule has 5 heteroatoms. The third kappa shape index (κ3) is 2.68. The predicted molar refractivity (Wildman–Crippen MR) is 68.3 cm³/mol. The second kappa shape index (κ2) is 4.89. The highest BCUT2D eigenvalue weighted by Gasteiger charge is 2.12. The summed E-state index contributed by atoms with van der Waals surface area (Å²) in [5.41, 5.74) is 1.15. The lowest BCUT2D eigenvalue weighted by molar-refractivity contribution is 0.203. The Kier molecular flexibility index (Phi) is 3.49. The Morgan fingerprint density at radius 3 is 2.88 bits per heavy atom. The van der Waals surface area contributed by atoms with Crippen molar-refractivity contribution in [3.63, 3.8) is 0 Å². The number of nitrogens with zero attached hydrogens (tertiary/aromatic N) is 2. The van der Waals surface area contributed by atoms with E-state index in [1.54, 1.807) is 19.4 Å². The molecule has 1 unspecified atom stereocenters. The van der Waals surface area contributed by atoms with E-state index in [0.29, 0.717) is 0 Å². The minimum Gasteiger partial charge on any atom is -0.469 e. The second-order valence-corrected chi connectivity index (χ2v) is 5.12. The molecule has 0 aromatic carbocycles. The molecule has 0 saturated heterocycles. The largest absolute Gasteiger partial charge is 0.469 e. The van der Waals surface area contributed by atoms with Gasteiger partial charge in [-0.1, -0.05) is 11.3 Å². The highest BCUT2D eigenvalue weighted by Crippen LogP contribution is 2.27. The van der Waals surface area contributed by atoms with Gasteiger partial charge in [0.15, 0.2) is 5.13 Å². The molecular weight excluding hydrogens is 236 g/mol. The van der Waals surface area contributed by atoms with Gasteiger partial charge in [0.05, 0.1) is 17.2 Å². The van der Waals surface area contributed by atoms with E-state index in [0.717, 1.165) is 27.9 Å². The van der Waals surface area contributed by atoms with E-state index in [9.17, 15) is 5.11 Å². The summed E-state index contributed by atoms with van der Waals surface area (Å²) in [6, 6.07) is 1.97. The fourth-order valence-corrected chi connectivity index (χ4v) is 2.36. The molecular formula is C12H16N2O2S. The van der Waals surface area contributed by atoms with E-state index in [1.807, 2.05) is 20.0 Å². The molecule has 2 aromatic rings. The molecule has 2 rings (SSSR count). The molecule has 0 bridgehead atoms. The molecule has 0 amide bonds. The summed E-state index contributed by atoms with van der Waals surface area (Å²) >= 11 is 1.51. The number of aliphatic hydroxyl groups is 1. The predicted octanol–water partition coefficient (Wildman–Crippen LogP) is 2.73. The molecule has 0 aliphatic heterocycles. The number of aryl methyl sites for hydroxylation is 1. The Morgan fingerprint density at radius 1 is 1.59 bits per heavy atom. The first-order valence-electron chi connectivity index (χ1n) is 5.46. The van der Waals surface area contributed by atoms with Crippen molar-refractivity contribution in [1.29, 1.82) is 0 Å². The fourth-order valence-electron chi connectivity index (χ4n) is 1.55. The van der Waals surface area contributed by atoms with Crippen molar-refractivity contribution in [2.45, 2.75) is 26.5 Å². The van der Waals surface area contributed by atoms with Crippen molar-refractivity contribution in [1.82, 2.24) is 4.98 Å². The summed E-state index contributed by atoms with van der Waals surface area (Å²) in [5.74, 6) is 0.934. The van der Waals surface area contributed by atoms with Crippen LogP contribution in [0.1, 0.15) is 29.2 Å². The van der Waals surface area contributed by atoms with Crippen molar-refractivity contribution < 1.29 is 9.52 Å². The molecule has 92 valence electrons. The molecule has 2 heterocycles. The number of hydrogen-bond donors (Lipinski definition) is 1. The third-order valence-electron chi connectivity index (χ3n) is 2.62. The van der Waals surface area contributed by atoms with E-state index in [1.165, 1.54) is 11.3 Å². The van der Waals surface area contributed by atoms with Crippen LogP contribution in [-0.4, -0.2) is 17.1 Å². The average molecular weight is 252 g/mol. The monoisotopic (exact) mass is 252 g/mol. The number of hydrogen-bond acceptors (Lipinski definition) is 5. The zero-order valence-corrected chi connectivity index (χ0v) is 11.0. The molecule has 1 N–H and O–H groups in total. The molecule has 0 radical (unpaired) electrons. The van der Waals surface area contributed by atoms with Crippen LogP contribution < -0.4 is 4.90 Å². The third-order valence-corrected chi connectivity index (χ3v) is 3.91. The molecule has 0 aliphatic rings. The molecule has 0 saturated carbocycles. The van der Waals surface area contributed by atoms with Crippen LogP contribution >= 0.6 is 11.3 Å². The first kappa shape index (κ1) is 12.1. The summed E-state index contributed by atoms with van der Waals surface area (Å²) in [6.45, 7) is 4.46. The van der Waals surface area contributed by atoms with Gasteiger partial charge in [0.1, 0.15) is 5.76 Å². The van der Waals surface area contributed by atoms with E-state index in [2.05, 4.69) is 9.88 Å². The highest BCUT2D eigenvalue weighted by molar-refractivity contribution is 7.15. The summed E-state index contributed by atoms with van der Waals surface area (Å²) in [6.07, 6.45) is 2.97. The van der Waals surface area contributed by atoms with Crippen molar-refractivity contribution in [2.75, 3.05) is 11.9 Å². The number of thiazole rings is 1. The van der Waals surface area contributed by atoms with Crippen LogP contribution in [-0.2, 0) is 6.54 Å². The maximum absolute atomic E-state index is 9.46. The Balaban J connectivity index is 2.09. The lowest BCUT2D eigenvalue weighted by Gasteiger charge is -2.14. The summed E-state index contributed by atoms with van der Waals surface area (Å²) in [7, 11) is 1.98. The second-order valence-electron chi connectivity index (χ2n) is 4.08. The van der Waals surface area contributed by atoms with E-state index in [-0.39, 0.29) is 0 Å². The van der Waals surface area contributed by atoms with Crippen LogP contribution in [0.25, 0.3) is 0 Å². The van der Waals surface area contributed by atoms with Gasteiger partial charge in [-0.05, 0) is 19.9 Å². The minimum atomic E-state index is -0.453. The number of anilines is 1. The van der Waals surface area contributed by atoms with Crippen LogP contribution in [0.3, 0.4) is 0 Å². The lowest BCUT2D eigenvalue weighted by Crippen LogP contribution is -2.16. The van der Waals surface area contributed by atoms with Crippen molar-refractivity contribution in [3.8, 4) is 0 Å². The standard InChI is InChI=1S/C12H16N2O2S/c1-8(15)11-6-13-12(17-11)14(3)7-10-4-5-16-9(10)2/h4-6,8,15H,7H2,1-3H3. The average Bonchev–Trinajstić information content (AvgIpc) is 2.88. The molecule has 0 fully saturated rings. The summed E-state index contributed by atoms with van der Waals surface area (Å²) in [4.78, 5) is 7.24. The Bertz CT molecular complexity index is 490. The molecule has 4 nitrogen and oxygen atoms in total. The smallest absolute Gasteiger partial charge is 0.185 e. The van der Waals surface area contributed by atoms with Gasteiger partial charge < -0.3 is 14.4 Å². The quantitative estimate of drug-likeness (QED) is 0.909. The van der Waals surface area contributed by atoms with Gasteiger partial charge in [-0.15, -0.1) is 0 Å². The van der Waals surface area contributed by atoms with E-state index >= 15 is 0 Å². The van der Waals surface area contributed by atoms with Crippen molar-refractivity contribution >= 4 is 16.5 Å². The molecule has 1 atom stereocenters. The Hall–Kier alpha value is -1.33. The van der Waals surface area contributed by atoms with Crippen LogP contribution in [0.5, 0.6) is 0 Å². The minimum absolute atomic E-state index is 0.453. The number of furan rings is 1. The number of aliphatic hydroxyl groups excluding tert-OH is 1. The van der Waals surface area contributed by atoms with E-state index in [4.69, 9.17) is 4.42 Å². The summed E-state index contributed by atoms with van der Waals surface area (Å²) < 4.78 is 5.26. The maximum atomic E-state index is 9.46. The summed E-state index contributed by atoms with van der Waals surface area (Å²) in [5, 5.41) is 10.4. The molecule has 0 aliphatic carbocycles. The van der Waals surface area contributed by atoms with Crippen molar-refractivity contribution in [2.24, 2.45) is 0 Å². The maximum Gasteiger partial charge on any atom is 0.185 e. The van der Waals surface area contributed by atoms with E-state index < -0.39 is 6.10 Å². The zero-order chi connectivity index (χ0) is 12.4. The lowest BCUT2D eigenvalue weighted by atomic mass is 10.2. The molecule has 2 aromatic heterocycles. The van der Waals surface area contributed by atoms with Gasteiger partial charge in [-0.25, -0.2) is 4.98 Å². The number of rotatable bonds is 4. The Labute approximate surface area is 105 Å². The van der Waals surface area contributed by atoms with Gasteiger partial charge in [0, 0.05) is 25.4 Å². The van der Waals surface area contributed by atoms with Crippen molar-refractivity contribution in [3.05, 3.63) is 34.7 Å².